The van der Waals surface area contributed by atoms with E-state index < -0.39 is 0 Å². The zero-order valence-electron chi connectivity index (χ0n) is 14.5. The van der Waals surface area contributed by atoms with E-state index in [4.69, 9.17) is 0 Å². The van der Waals surface area contributed by atoms with Crippen LogP contribution in [-0.4, -0.2) is 11.9 Å². The van der Waals surface area contributed by atoms with Crippen LogP contribution in [0.15, 0.2) is 48.5 Å². The lowest BCUT2D eigenvalue weighted by Crippen LogP contribution is -2.31. The Balaban J connectivity index is 1.64. The number of nitrogens with one attached hydrogen (secondary N) is 2. The second kappa shape index (κ2) is 7.52. The van der Waals surface area contributed by atoms with Crippen molar-refractivity contribution in [3.05, 3.63) is 65.2 Å². The molecule has 0 aromatic heterocycles. The van der Waals surface area contributed by atoms with Gasteiger partial charge in [-0.05, 0) is 61.9 Å². The molecule has 126 valence electrons. The van der Waals surface area contributed by atoms with Gasteiger partial charge in [0.05, 0.1) is 5.92 Å². The van der Waals surface area contributed by atoms with Crippen LogP contribution in [0.1, 0.15) is 49.3 Å². The Bertz CT molecular complexity index is 708. The maximum atomic E-state index is 12.7. The molecule has 0 unspecified atom stereocenters. The molecule has 0 bridgehead atoms. The molecule has 24 heavy (non-hydrogen) atoms. The van der Waals surface area contributed by atoms with Crippen LogP contribution in [0.25, 0.3) is 0 Å². The fourth-order valence-electron chi connectivity index (χ4n) is 3.44. The quantitative estimate of drug-likeness (QED) is 0.864. The zero-order valence-corrected chi connectivity index (χ0v) is 14.5. The van der Waals surface area contributed by atoms with E-state index in [0.717, 1.165) is 30.5 Å². The molecule has 0 fully saturated rings. The average molecular weight is 322 g/mol. The second-order valence-corrected chi connectivity index (χ2v) is 6.86. The monoisotopic (exact) mass is 322 g/mol. The van der Waals surface area contributed by atoms with Crippen molar-refractivity contribution < 1.29 is 4.79 Å². The van der Waals surface area contributed by atoms with E-state index in [1.807, 2.05) is 12.1 Å². The molecule has 0 saturated heterocycles. The van der Waals surface area contributed by atoms with Crippen LogP contribution in [0.5, 0.6) is 0 Å². The Morgan fingerprint density at radius 3 is 2.83 bits per heavy atom. The van der Waals surface area contributed by atoms with Gasteiger partial charge in [0.15, 0.2) is 0 Å². The van der Waals surface area contributed by atoms with Gasteiger partial charge in [0, 0.05) is 18.3 Å². The highest BCUT2D eigenvalue weighted by Gasteiger charge is 2.25. The van der Waals surface area contributed by atoms with Gasteiger partial charge in [-0.15, -0.1) is 0 Å². The van der Waals surface area contributed by atoms with Crippen LogP contribution in [-0.2, 0) is 17.8 Å². The number of anilines is 1. The van der Waals surface area contributed by atoms with Gasteiger partial charge in [0.1, 0.15) is 0 Å². The number of carbonyl (C=O) groups excluding carboxylic acids is 1. The molecule has 3 nitrogen and oxygen atoms in total. The van der Waals surface area contributed by atoms with Crippen LogP contribution in [0.4, 0.5) is 5.69 Å². The molecule has 0 aliphatic heterocycles. The van der Waals surface area contributed by atoms with E-state index in [-0.39, 0.29) is 11.8 Å². The number of aryl methyl sites for hydroxylation is 1. The fraction of sp³-hybridized carbons (Fsp3) is 0.381. The number of hydrogen-bond donors (Lipinski definition) is 2. The molecule has 2 aromatic rings. The first-order valence-electron chi connectivity index (χ1n) is 8.84. The number of rotatable bonds is 5. The predicted octanol–water partition coefficient (Wildman–Crippen LogP) is 4.24. The van der Waals surface area contributed by atoms with E-state index in [1.54, 1.807) is 0 Å². The lowest BCUT2D eigenvalue weighted by Gasteiger charge is -2.24. The molecular weight excluding hydrogens is 296 g/mol. The SMILES string of the molecule is CC(C)Nc1cccc(CNC(=O)[C@H]2CCCc3ccccc32)c1. The highest BCUT2D eigenvalue weighted by atomic mass is 16.1. The second-order valence-electron chi connectivity index (χ2n) is 6.86. The van der Waals surface area contributed by atoms with E-state index >= 15 is 0 Å². The number of fused-ring (bicyclic) bond motifs is 1. The summed E-state index contributed by atoms with van der Waals surface area (Å²) in [7, 11) is 0. The molecule has 1 aliphatic rings. The number of benzene rings is 2. The third-order valence-corrected chi connectivity index (χ3v) is 4.53. The van der Waals surface area contributed by atoms with Gasteiger partial charge in [-0.25, -0.2) is 0 Å². The van der Waals surface area contributed by atoms with E-state index in [2.05, 4.69) is 60.9 Å². The van der Waals surface area contributed by atoms with Gasteiger partial charge >= 0.3 is 0 Å². The van der Waals surface area contributed by atoms with Crippen molar-refractivity contribution in [1.82, 2.24) is 5.32 Å². The minimum absolute atomic E-state index is 0.00748. The van der Waals surface area contributed by atoms with Crippen molar-refractivity contribution in [1.29, 1.82) is 0 Å². The summed E-state index contributed by atoms with van der Waals surface area (Å²) in [6.07, 6.45) is 3.11. The summed E-state index contributed by atoms with van der Waals surface area (Å²) in [5.74, 6) is 0.135. The highest BCUT2D eigenvalue weighted by Crippen LogP contribution is 2.31. The van der Waals surface area contributed by atoms with Crippen molar-refractivity contribution >= 4 is 11.6 Å². The van der Waals surface area contributed by atoms with Gasteiger partial charge in [-0.1, -0.05) is 36.4 Å². The Labute approximate surface area is 144 Å². The summed E-state index contributed by atoms with van der Waals surface area (Å²) in [6, 6.07) is 17.0. The average Bonchev–Trinajstić information content (AvgIpc) is 2.59. The molecule has 0 spiro atoms. The lowest BCUT2D eigenvalue weighted by molar-refractivity contribution is -0.123. The number of amides is 1. The Morgan fingerprint density at radius 2 is 2.00 bits per heavy atom. The number of carbonyl (C=O) groups is 1. The van der Waals surface area contributed by atoms with E-state index in [0.29, 0.717) is 12.6 Å². The molecule has 3 rings (SSSR count). The molecule has 1 amide bonds. The molecule has 2 aromatic carbocycles. The van der Waals surface area contributed by atoms with Crippen LogP contribution in [0.3, 0.4) is 0 Å². The Kier molecular flexibility index (Phi) is 5.19. The molecule has 3 heteroatoms. The van der Waals surface area contributed by atoms with Gasteiger partial charge in [-0.3, -0.25) is 4.79 Å². The lowest BCUT2D eigenvalue weighted by atomic mass is 9.82. The highest BCUT2D eigenvalue weighted by molar-refractivity contribution is 5.84. The maximum absolute atomic E-state index is 12.7. The van der Waals surface area contributed by atoms with Crippen molar-refractivity contribution in [2.24, 2.45) is 0 Å². The van der Waals surface area contributed by atoms with Gasteiger partial charge in [0.25, 0.3) is 0 Å². The van der Waals surface area contributed by atoms with Crippen LogP contribution < -0.4 is 10.6 Å². The Hall–Kier alpha value is -2.29. The zero-order chi connectivity index (χ0) is 16.9. The third-order valence-electron chi connectivity index (χ3n) is 4.53. The van der Waals surface area contributed by atoms with Crippen LogP contribution in [0.2, 0.25) is 0 Å². The van der Waals surface area contributed by atoms with E-state index in [1.165, 1.54) is 11.1 Å². The summed E-state index contributed by atoms with van der Waals surface area (Å²) < 4.78 is 0. The molecule has 0 heterocycles. The van der Waals surface area contributed by atoms with Crippen LogP contribution in [0, 0.1) is 0 Å². The summed E-state index contributed by atoms with van der Waals surface area (Å²) in [5.41, 5.74) is 4.75. The summed E-state index contributed by atoms with van der Waals surface area (Å²) in [5, 5.41) is 6.52. The molecule has 0 radical (unpaired) electrons. The molecular formula is C21H26N2O. The largest absolute Gasteiger partial charge is 0.383 e. The smallest absolute Gasteiger partial charge is 0.227 e. The van der Waals surface area contributed by atoms with Gasteiger partial charge < -0.3 is 10.6 Å². The minimum Gasteiger partial charge on any atom is -0.383 e. The van der Waals surface area contributed by atoms with Crippen molar-refractivity contribution in [2.45, 2.75) is 51.6 Å². The first-order chi connectivity index (χ1) is 11.6. The normalized spacial score (nSPS) is 16.5. The molecule has 1 aliphatic carbocycles. The summed E-state index contributed by atoms with van der Waals surface area (Å²) >= 11 is 0. The molecule has 1 atom stereocenters. The van der Waals surface area contributed by atoms with Crippen molar-refractivity contribution in [3.63, 3.8) is 0 Å². The minimum atomic E-state index is -0.00748. The summed E-state index contributed by atoms with van der Waals surface area (Å²) in [6.45, 7) is 4.81. The maximum Gasteiger partial charge on any atom is 0.227 e. The van der Waals surface area contributed by atoms with Crippen molar-refractivity contribution in [2.75, 3.05) is 5.32 Å². The third kappa shape index (κ3) is 3.97. The molecule has 0 saturated carbocycles. The van der Waals surface area contributed by atoms with Gasteiger partial charge in [0.2, 0.25) is 5.91 Å². The topological polar surface area (TPSA) is 41.1 Å². The predicted molar refractivity (Wildman–Crippen MR) is 99.2 cm³/mol. The first kappa shape index (κ1) is 16.6. The van der Waals surface area contributed by atoms with E-state index in [9.17, 15) is 4.79 Å². The first-order valence-corrected chi connectivity index (χ1v) is 8.84. The summed E-state index contributed by atoms with van der Waals surface area (Å²) in [4.78, 5) is 12.7. The van der Waals surface area contributed by atoms with Crippen molar-refractivity contribution in [3.8, 4) is 0 Å². The fourth-order valence-corrected chi connectivity index (χ4v) is 3.44. The number of hydrogen-bond acceptors (Lipinski definition) is 2. The van der Waals surface area contributed by atoms with Gasteiger partial charge in [-0.2, -0.15) is 0 Å². The molecule has 2 N–H and O–H groups in total. The standard InChI is InChI=1S/C21H26N2O/c1-15(2)23-18-10-5-7-16(13-18)14-22-21(24)20-12-6-9-17-8-3-4-11-19(17)20/h3-5,7-8,10-11,13,15,20,23H,6,9,12,14H2,1-2H3,(H,22,24)/t20-/m0/s1. The Morgan fingerprint density at radius 1 is 1.17 bits per heavy atom. The van der Waals surface area contributed by atoms with Crippen LogP contribution >= 0.6 is 0 Å².